The van der Waals surface area contributed by atoms with E-state index in [0.717, 1.165) is 31.0 Å². The van der Waals surface area contributed by atoms with E-state index in [-0.39, 0.29) is 24.4 Å². The van der Waals surface area contributed by atoms with Crippen molar-refractivity contribution in [2.75, 3.05) is 26.2 Å². The van der Waals surface area contributed by atoms with Gasteiger partial charge in [-0.2, -0.15) is 0 Å². The maximum Gasteiger partial charge on any atom is 0.234 e. The zero-order valence-electron chi connectivity index (χ0n) is 14.1. The Kier molecular flexibility index (Phi) is 7.25. The van der Waals surface area contributed by atoms with Crippen LogP contribution in [0.15, 0.2) is 36.7 Å². The van der Waals surface area contributed by atoms with Crippen molar-refractivity contribution in [3.8, 4) is 0 Å². The zero-order chi connectivity index (χ0) is 16.9. The highest BCUT2D eigenvalue weighted by atomic mass is 35.5. The Labute approximate surface area is 159 Å². The predicted molar refractivity (Wildman–Crippen MR) is 101 cm³/mol. The molecule has 2 N–H and O–H groups in total. The molecule has 2 aromatic rings. The van der Waals surface area contributed by atoms with Crippen molar-refractivity contribution in [2.45, 2.75) is 12.6 Å². The Balaban J connectivity index is 0.00000225. The molecule has 1 unspecified atom stereocenters. The quantitative estimate of drug-likeness (QED) is 0.825. The van der Waals surface area contributed by atoms with Gasteiger partial charge in [0.2, 0.25) is 5.91 Å². The molecule has 25 heavy (non-hydrogen) atoms. The third-order valence-electron chi connectivity index (χ3n) is 4.24. The van der Waals surface area contributed by atoms with Crippen LogP contribution in [-0.2, 0) is 18.4 Å². The number of piperazine rings is 1. The topological polar surface area (TPSA) is 62.2 Å². The highest BCUT2D eigenvalue weighted by Gasteiger charge is 2.28. The number of amides is 1. The molecule has 0 spiro atoms. The molecular formula is C17H23Cl2N5O. The number of benzene rings is 1. The molecule has 136 valence electrons. The summed E-state index contributed by atoms with van der Waals surface area (Å²) in [5.74, 6) is 0.987. The van der Waals surface area contributed by atoms with Crippen molar-refractivity contribution in [3.05, 3.63) is 53.1 Å². The Morgan fingerprint density at radius 2 is 2.32 bits per heavy atom. The van der Waals surface area contributed by atoms with Gasteiger partial charge in [0, 0.05) is 50.6 Å². The zero-order valence-corrected chi connectivity index (χ0v) is 15.7. The fraction of sp³-hybridized carbons (Fsp3) is 0.412. The molecule has 1 fully saturated rings. The van der Waals surface area contributed by atoms with Crippen molar-refractivity contribution in [1.29, 1.82) is 0 Å². The van der Waals surface area contributed by atoms with Crippen LogP contribution in [-0.4, -0.2) is 46.5 Å². The molecule has 3 rings (SSSR count). The molecule has 0 radical (unpaired) electrons. The van der Waals surface area contributed by atoms with Gasteiger partial charge in [-0.3, -0.25) is 9.69 Å². The number of rotatable bonds is 5. The molecule has 0 bridgehead atoms. The number of aromatic nitrogens is 2. The Hall–Kier alpha value is -1.60. The second-order valence-corrected chi connectivity index (χ2v) is 6.43. The van der Waals surface area contributed by atoms with Crippen LogP contribution in [0.25, 0.3) is 0 Å². The second kappa shape index (κ2) is 9.20. The summed E-state index contributed by atoms with van der Waals surface area (Å²) >= 11 is 5.97. The molecule has 6 nitrogen and oxygen atoms in total. The van der Waals surface area contributed by atoms with E-state index in [0.29, 0.717) is 18.1 Å². The smallest absolute Gasteiger partial charge is 0.234 e. The first-order valence-corrected chi connectivity index (χ1v) is 8.44. The van der Waals surface area contributed by atoms with Crippen LogP contribution < -0.4 is 10.6 Å². The molecule has 1 aromatic heterocycles. The van der Waals surface area contributed by atoms with Crippen molar-refractivity contribution in [2.24, 2.45) is 7.05 Å². The lowest BCUT2D eigenvalue weighted by atomic mass is 10.1. The van der Waals surface area contributed by atoms with Crippen LogP contribution in [0.1, 0.15) is 17.4 Å². The molecule has 1 aromatic carbocycles. The number of hydrogen-bond donors (Lipinski definition) is 2. The second-order valence-electron chi connectivity index (χ2n) is 5.99. The van der Waals surface area contributed by atoms with Crippen LogP contribution in [0.4, 0.5) is 0 Å². The Morgan fingerprint density at radius 1 is 1.48 bits per heavy atom. The number of aryl methyl sites for hydroxylation is 1. The number of halogens is 2. The van der Waals surface area contributed by atoms with Gasteiger partial charge in [-0.05, 0) is 17.7 Å². The summed E-state index contributed by atoms with van der Waals surface area (Å²) in [7, 11) is 1.98. The maximum absolute atomic E-state index is 12.3. The largest absolute Gasteiger partial charge is 0.351 e. The minimum Gasteiger partial charge on any atom is -0.351 e. The summed E-state index contributed by atoms with van der Waals surface area (Å²) in [6.07, 6.45) is 3.72. The summed E-state index contributed by atoms with van der Waals surface area (Å²) < 4.78 is 2.01. The lowest BCUT2D eigenvalue weighted by molar-refractivity contribution is -0.123. The van der Waals surface area contributed by atoms with Gasteiger partial charge in [0.25, 0.3) is 0 Å². The van der Waals surface area contributed by atoms with E-state index in [1.165, 1.54) is 0 Å². The van der Waals surface area contributed by atoms with Crippen LogP contribution in [0, 0.1) is 0 Å². The van der Waals surface area contributed by atoms with Crippen molar-refractivity contribution in [3.63, 3.8) is 0 Å². The van der Waals surface area contributed by atoms with Gasteiger partial charge in [-0.25, -0.2) is 4.98 Å². The fourth-order valence-corrected chi connectivity index (χ4v) is 3.19. The predicted octanol–water partition coefficient (Wildman–Crippen LogP) is 1.76. The Morgan fingerprint density at radius 3 is 3.04 bits per heavy atom. The summed E-state index contributed by atoms with van der Waals surface area (Å²) in [5.41, 5.74) is 0.997. The van der Waals surface area contributed by atoms with Gasteiger partial charge in [0.05, 0.1) is 12.6 Å². The minimum atomic E-state index is 0. The van der Waals surface area contributed by atoms with Gasteiger partial charge < -0.3 is 15.2 Å². The first kappa shape index (κ1) is 19.7. The fourth-order valence-electron chi connectivity index (χ4n) is 2.98. The van der Waals surface area contributed by atoms with E-state index < -0.39 is 0 Å². The highest BCUT2D eigenvalue weighted by Crippen LogP contribution is 2.19. The van der Waals surface area contributed by atoms with Crippen molar-refractivity contribution >= 4 is 29.9 Å². The normalized spacial score (nSPS) is 17.8. The number of hydrogen-bond acceptors (Lipinski definition) is 4. The molecule has 8 heteroatoms. The number of carbonyl (C=O) groups is 1. The van der Waals surface area contributed by atoms with E-state index in [4.69, 9.17) is 11.6 Å². The van der Waals surface area contributed by atoms with E-state index in [1.807, 2.05) is 42.1 Å². The third kappa shape index (κ3) is 5.19. The van der Waals surface area contributed by atoms with Gasteiger partial charge in [0.1, 0.15) is 5.82 Å². The highest BCUT2D eigenvalue weighted by molar-refractivity contribution is 6.30. The van der Waals surface area contributed by atoms with Gasteiger partial charge in [0.15, 0.2) is 0 Å². The van der Waals surface area contributed by atoms with Crippen molar-refractivity contribution in [1.82, 2.24) is 25.1 Å². The molecule has 1 saturated heterocycles. The monoisotopic (exact) mass is 383 g/mol. The van der Waals surface area contributed by atoms with E-state index in [2.05, 4.69) is 20.5 Å². The molecule has 1 aliphatic rings. The number of nitrogens with zero attached hydrogens (tertiary/aromatic N) is 3. The first-order chi connectivity index (χ1) is 11.6. The standard InChI is InChI=1S/C17H22ClN5O.ClH/c1-22-7-6-20-17(22)15-11-19-5-8-23(15)12-16(24)21-10-13-3-2-4-14(18)9-13;/h2-4,6-7,9,15,19H,5,8,10-12H2,1H3,(H,21,24);1H. The van der Waals surface area contributed by atoms with Gasteiger partial charge in [-0.15, -0.1) is 12.4 Å². The lowest BCUT2D eigenvalue weighted by Gasteiger charge is -2.35. The van der Waals surface area contributed by atoms with Crippen LogP contribution in [0.2, 0.25) is 5.02 Å². The average molecular weight is 384 g/mol. The number of carbonyl (C=O) groups excluding carboxylic acids is 1. The number of imidazole rings is 1. The van der Waals surface area contributed by atoms with Crippen molar-refractivity contribution < 1.29 is 4.79 Å². The van der Waals surface area contributed by atoms with Crippen LogP contribution >= 0.6 is 24.0 Å². The molecule has 1 amide bonds. The van der Waals surface area contributed by atoms with Gasteiger partial charge >= 0.3 is 0 Å². The molecule has 0 saturated carbocycles. The summed E-state index contributed by atoms with van der Waals surface area (Å²) in [4.78, 5) is 18.9. The number of nitrogens with one attached hydrogen (secondary N) is 2. The Bertz CT molecular complexity index is 706. The molecular weight excluding hydrogens is 361 g/mol. The van der Waals surface area contributed by atoms with Gasteiger partial charge in [-0.1, -0.05) is 23.7 Å². The third-order valence-corrected chi connectivity index (χ3v) is 4.47. The molecule has 0 aliphatic carbocycles. The van der Waals surface area contributed by atoms with Crippen LogP contribution in [0.3, 0.4) is 0 Å². The molecule has 1 atom stereocenters. The van der Waals surface area contributed by atoms with E-state index >= 15 is 0 Å². The SMILES string of the molecule is Cl.Cn1ccnc1C1CNCCN1CC(=O)NCc1cccc(Cl)c1. The minimum absolute atomic E-state index is 0. The summed E-state index contributed by atoms with van der Waals surface area (Å²) in [6, 6.07) is 7.63. The van der Waals surface area contributed by atoms with Crippen LogP contribution in [0.5, 0.6) is 0 Å². The maximum atomic E-state index is 12.3. The average Bonchev–Trinajstić information content (AvgIpc) is 2.99. The first-order valence-electron chi connectivity index (χ1n) is 8.06. The lowest BCUT2D eigenvalue weighted by Crippen LogP contribution is -2.50. The molecule has 1 aliphatic heterocycles. The molecule has 2 heterocycles. The summed E-state index contributed by atoms with van der Waals surface area (Å²) in [6.45, 7) is 3.34. The summed E-state index contributed by atoms with van der Waals surface area (Å²) in [5, 5.41) is 7.02. The van der Waals surface area contributed by atoms with E-state index in [9.17, 15) is 4.79 Å². The van der Waals surface area contributed by atoms with E-state index in [1.54, 1.807) is 6.20 Å².